The van der Waals surface area contributed by atoms with Gasteiger partial charge in [-0.1, -0.05) is 53.7 Å². The van der Waals surface area contributed by atoms with Gasteiger partial charge in [-0.25, -0.2) is 4.98 Å². The van der Waals surface area contributed by atoms with Gasteiger partial charge >= 0.3 is 0 Å². The first kappa shape index (κ1) is 14.4. The van der Waals surface area contributed by atoms with Crippen molar-refractivity contribution in [1.29, 1.82) is 0 Å². The summed E-state index contributed by atoms with van der Waals surface area (Å²) in [5.74, 6) is 0.892. The monoisotopic (exact) mass is 336 g/mol. The van der Waals surface area contributed by atoms with Crippen LogP contribution >= 0.6 is 23.4 Å². The lowest BCUT2D eigenvalue weighted by molar-refractivity contribution is 1.29. The van der Waals surface area contributed by atoms with Crippen LogP contribution < -0.4 is 0 Å². The van der Waals surface area contributed by atoms with Crippen molar-refractivity contribution in [3.8, 4) is 11.4 Å². The van der Waals surface area contributed by atoms with E-state index in [1.807, 2.05) is 60.7 Å². The lowest BCUT2D eigenvalue weighted by atomic mass is 10.2. The van der Waals surface area contributed by atoms with E-state index < -0.39 is 0 Å². The van der Waals surface area contributed by atoms with E-state index in [1.165, 1.54) is 0 Å². The molecular weight excluding hydrogens is 324 g/mol. The first-order valence-corrected chi connectivity index (χ1v) is 8.46. The first-order valence-electron chi connectivity index (χ1n) is 7.27. The van der Waals surface area contributed by atoms with Gasteiger partial charge in [-0.15, -0.1) is 0 Å². The lowest BCUT2D eigenvalue weighted by Crippen LogP contribution is -1.84. The van der Waals surface area contributed by atoms with Crippen molar-refractivity contribution in [1.82, 2.24) is 9.97 Å². The van der Waals surface area contributed by atoms with Crippen LogP contribution in [-0.4, -0.2) is 9.97 Å². The van der Waals surface area contributed by atoms with Gasteiger partial charge < -0.3 is 4.98 Å². The van der Waals surface area contributed by atoms with Gasteiger partial charge in [0.25, 0.3) is 0 Å². The molecule has 0 bridgehead atoms. The van der Waals surface area contributed by atoms with Gasteiger partial charge in [-0.05, 0) is 42.5 Å². The molecule has 0 saturated carbocycles. The minimum absolute atomic E-state index is 0.750. The lowest BCUT2D eigenvalue weighted by Gasteiger charge is -2.07. The standard InChI is InChI=1S/C19H13ClN2S/c20-13-9-11-14(12-10-13)23-18-8-4-1-5-15(18)19-21-16-6-2-3-7-17(16)22-19/h1-12H,(H,21,22). The van der Waals surface area contributed by atoms with E-state index in [9.17, 15) is 0 Å². The number of fused-ring (bicyclic) bond motifs is 1. The molecule has 0 aliphatic rings. The number of halogens is 1. The molecule has 0 amide bonds. The maximum absolute atomic E-state index is 5.96. The van der Waals surface area contributed by atoms with Crippen molar-refractivity contribution in [2.45, 2.75) is 9.79 Å². The molecule has 0 saturated heterocycles. The quantitative estimate of drug-likeness (QED) is 0.494. The Hall–Kier alpha value is -2.23. The second kappa shape index (κ2) is 6.11. The number of H-pyrrole nitrogens is 1. The summed E-state index contributed by atoms with van der Waals surface area (Å²) in [5.41, 5.74) is 3.13. The Kier molecular flexibility index (Phi) is 3.82. The highest BCUT2D eigenvalue weighted by molar-refractivity contribution is 7.99. The summed E-state index contributed by atoms with van der Waals surface area (Å²) in [6, 6.07) is 24.2. The zero-order valence-electron chi connectivity index (χ0n) is 12.2. The number of rotatable bonds is 3. The average Bonchev–Trinajstić information content (AvgIpc) is 3.01. The van der Waals surface area contributed by atoms with Crippen molar-refractivity contribution in [3.63, 3.8) is 0 Å². The van der Waals surface area contributed by atoms with Crippen LogP contribution in [0, 0.1) is 0 Å². The van der Waals surface area contributed by atoms with E-state index in [-0.39, 0.29) is 0 Å². The first-order chi connectivity index (χ1) is 11.3. The molecule has 3 aromatic carbocycles. The number of aromatic nitrogens is 2. The second-order valence-corrected chi connectivity index (χ2v) is 6.71. The zero-order chi connectivity index (χ0) is 15.6. The van der Waals surface area contributed by atoms with Crippen molar-refractivity contribution in [2.75, 3.05) is 0 Å². The van der Waals surface area contributed by atoms with Crippen LogP contribution in [0.3, 0.4) is 0 Å². The molecular formula is C19H13ClN2S. The fourth-order valence-corrected chi connectivity index (χ4v) is 3.53. The third kappa shape index (κ3) is 2.98. The van der Waals surface area contributed by atoms with E-state index in [1.54, 1.807) is 11.8 Å². The molecule has 1 aromatic heterocycles. The predicted octanol–water partition coefficient (Wildman–Crippen LogP) is 6.03. The smallest absolute Gasteiger partial charge is 0.139 e. The van der Waals surface area contributed by atoms with Gasteiger partial charge in [-0.3, -0.25) is 0 Å². The summed E-state index contributed by atoms with van der Waals surface area (Å²) >= 11 is 7.67. The molecule has 23 heavy (non-hydrogen) atoms. The van der Waals surface area contributed by atoms with E-state index in [4.69, 9.17) is 16.6 Å². The van der Waals surface area contributed by atoms with Crippen molar-refractivity contribution in [2.24, 2.45) is 0 Å². The Morgan fingerprint density at radius 3 is 2.39 bits per heavy atom. The normalized spacial score (nSPS) is 11.0. The number of benzene rings is 3. The van der Waals surface area contributed by atoms with Gasteiger partial charge in [0.1, 0.15) is 5.82 Å². The van der Waals surface area contributed by atoms with Gasteiger partial charge in [0.2, 0.25) is 0 Å². The number of imidazole rings is 1. The van der Waals surface area contributed by atoms with Crippen molar-refractivity contribution in [3.05, 3.63) is 77.8 Å². The van der Waals surface area contributed by atoms with Crippen LogP contribution in [-0.2, 0) is 0 Å². The molecule has 2 nitrogen and oxygen atoms in total. The Morgan fingerprint density at radius 1 is 0.826 bits per heavy atom. The van der Waals surface area contributed by atoms with Crippen LogP contribution in [0.25, 0.3) is 22.4 Å². The number of aromatic amines is 1. The van der Waals surface area contributed by atoms with Crippen LogP contribution in [0.15, 0.2) is 82.6 Å². The molecule has 0 aliphatic heterocycles. The highest BCUT2D eigenvalue weighted by atomic mass is 35.5. The Balaban J connectivity index is 1.75. The molecule has 4 rings (SSSR count). The Morgan fingerprint density at radius 2 is 1.57 bits per heavy atom. The largest absolute Gasteiger partial charge is 0.338 e. The summed E-state index contributed by atoms with van der Waals surface area (Å²) in [6.45, 7) is 0. The maximum Gasteiger partial charge on any atom is 0.139 e. The van der Waals surface area contributed by atoms with Crippen LogP contribution in [0.5, 0.6) is 0 Å². The third-order valence-electron chi connectivity index (χ3n) is 3.57. The van der Waals surface area contributed by atoms with E-state index in [0.717, 1.165) is 37.2 Å². The fourth-order valence-electron chi connectivity index (χ4n) is 2.46. The number of hydrogen-bond donors (Lipinski definition) is 1. The molecule has 4 heteroatoms. The SMILES string of the molecule is Clc1ccc(Sc2ccccc2-c2nc3ccccc3[nH]2)cc1. The van der Waals surface area contributed by atoms with Crippen LogP contribution in [0.2, 0.25) is 5.02 Å². The number of hydrogen-bond acceptors (Lipinski definition) is 2. The van der Waals surface area contributed by atoms with Crippen molar-refractivity contribution < 1.29 is 0 Å². The Bertz CT molecular complexity index is 927. The highest BCUT2D eigenvalue weighted by Crippen LogP contribution is 2.35. The van der Waals surface area contributed by atoms with Gasteiger partial charge in [-0.2, -0.15) is 0 Å². The molecule has 1 N–H and O–H groups in total. The number of para-hydroxylation sites is 2. The Labute approximate surface area is 143 Å². The summed E-state index contributed by atoms with van der Waals surface area (Å²) in [4.78, 5) is 10.4. The predicted molar refractivity (Wildman–Crippen MR) is 97.1 cm³/mol. The van der Waals surface area contributed by atoms with E-state index in [0.29, 0.717) is 0 Å². The maximum atomic E-state index is 5.96. The minimum atomic E-state index is 0.750. The molecule has 0 unspecified atom stereocenters. The topological polar surface area (TPSA) is 28.7 Å². The summed E-state index contributed by atoms with van der Waals surface area (Å²) in [5, 5.41) is 0.750. The average molecular weight is 337 g/mol. The highest BCUT2D eigenvalue weighted by Gasteiger charge is 2.10. The van der Waals surface area contributed by atoms with E-state index >= 15 is 0 Å². The van der Waals surface area contributed by atoms with E-state index in [2.05, 4.69) is 17.1 Å². The second-order valence-electron chi connectivity index (χ2n) is 5.15. The van der Waals surface area contributed by atoms with Crippen molar-refractivity contribution >= 4 is 34.4 Å². The fraction of sp³-hybridized carbons (Fsp3) is 0. The number of nitrogens with one attached hydrogen (secondary N) is 1. The molecule has 4 aromatic rings. The van der Waals surface area contributed by atoms with Crippen LogP contribution in [0.1, 0.15) is 0 Å². The molecule has 0 spiro atoms. The molecule has 0 atom stereocenters. The molecule has 1 heterocycles. The molecule has 0 aliphatic carbocycles. The number of nitrogens with zero attached hydrogens (tertiary/aromatic N) is 1. The van der Waals surface area contributed by atoms with Gasteiger partial charge in [0, 0.05) is 20.4 Å². The minimum Gasteiger partial charge on any atom is -0.338 e. The van der Waals surface area contributed by atoms with Gasteiger partial charge in [0.05, 0.1) is 11.0 Å². The molecule has 0 fully saturated rings. The van der Waals surface area contributed by atoms with Crippen LogP contribution in [0.4, 0.5) is 0 Å². The molecule has 112 valence electrons. The summed E-state index contributed by atoms with van der Waals surface area (Å²) in [7, 11) is 0. The zero-order valence-corrected chi connectivity index (χ0v) is 13.7. The summed E-state index contributed by atoms with van der Waals surface area (Å²) < 4.78 is 0. The van der Waals surface area contributed by atoms with Gasteiger partial charge in [0.15, 0.2) is 0 Å². The molecule has 0 radical (unpaired) electrons. The third-order valence-corrected chi connectivity index (χ3v) is 4.91. The summed E-state index contributed by atoms with van der Waals surface area (Å²) in [6.07, 6.45) is 0.